The second kappa shape index (κ2) is 7.21. The summed E-state index contributed by atoms with van der Waals surface area (Å²) in [5.41, 5.74) is 1.88. The molecule has 2 aliphatic rings. The highest BCUT2D eigenvalue weighted by atomic mass is 79.9. The minimum absolute atomic E-state index is 0.0690. The first kappa shape index (κ1) is 17.2. The van der Waals surface area contributed by atoms with Crippen LogP contribution in [-0.2, 0) is 9.59 Å². The van der Waals surface area contributed by atoms with Crippen molar-refractivity contribution in [1.29, 1.82) is 0 Å². The van der Waals surface area contributed by atoms with E-state index in [-0.39, 0.29) is 17.9 Å². The van der Waals surface area contributed by atoms with E-state index in [2.05, 4.69) is 33.0 Å². The van der Waals surface area contributed by atoms with E-state index in [4.69, 9.17) is 0 Å². The van der Waals surface area contributed by atoms with Gasteiger partial charge in [-0.25, -0.2) is 4.90 Å². The molecule has 0 aliphatic carbocycles. The van der Waals surface area contributed by atoms with Gasteiger partial charge in [0.25, 0.3) is 5.91 Å². The fourth-order valence-corrected chi connectivity index (χ4v) is 4.12. The first-order valence-electron chi connectivity index (χ1n) is 8.90. The first-order valence-corrected chi connectivity index (χ1v) is 9.70. The molecule has 2 aromatic rings. The monoisotopic (exact) mass is 414 g/mol. The summed E-state index contributed by atoms with van der Waals surface area (Å²) in [5.74, 6) is -0.166. The van der Waals surface area contributed by atoms with Crippen molar-refractivity contribution in [2.45, 2.75) is 12.5 Å². The number of amides is 2. The van der Waals surface area contributed by atoms with Gasteiger partial charge in [0.15, 0.2) is 6.04 Å². The number of carbonyl (C=O) groups is 2. The van der Waals surface area contributed by atoms with E-state index in [0.717, 1.165) is 30.7 Å². The fourth-order valence-electron chi connectivity index (χ4n) is 3.85. The molecule has 2 aromatic carbocycles. The standard InChI is InChI=1S/C20H20BrN3O2/c21-15-6-8-17(9-7-15)24-19(25)14-18(20(24)26)23-12-10-22(11-13-23)16-4-2-1-3-5-16/h1-9,18H,10-14H2/p+1/t18-/m1/s1. The molecule has 0 aromatic heterocycles. The number of quaternary nitrogens is 1. The van der Waals surface area contributed by atoms with Gasteiger partial charge in [0.2, 0.25) is 5.91 Å². The summed E-state index contributed by atoms with van der Waals surface area (Å²) in [6, 6.07) is 17.4. The first-order chi connectivity index (χ1) is 12.6. The number of imide groups is 1. The maximum atomic E-state index is 12.9. The number of nitrogens with one attached hydrogen (secondary N) is 1. The lowest BCUT2D eigenvalue weighted by Crippen LogP contribution is -3.19. The second-order valence-electron chi connectivity index (χ2n) is 6.78. The van der Waals surface area contributed by atoms with Crippen molar-refractivity contribution in [3.8, 4) is 0 Å². The Kier molecular flexibility index (Phi) is 4.78. The van der Waals surface area contributed by atoms with E-state index in [1.54, 1.807) is 0 Å². The average molecular weight is 415 g/mol. The molecule has 0 bridgehead atoms. The van der Waals surface area contributed by atoms with Crippen LogP contribution in [0.15, 0.2) is 59.1 Å². The molecule has 0 saturated carbocycles. The molecule has 1 atom stereocenters. The van der Waals surface area contributed by atoms with Crippen LogP contribution >= 0.6 is 15.9 Å². The van der Waals surface area contributed by atoms with Gasteiger partial charge in [-0.2, -0.15) is 0 Å². The Balaban J connectivity index is 1.44. The van der Waals surface area contributed by atoms with E-state index in [0.29, 0.717) is 12.1 Å². The highest BCUT2D eigenvalue weighted by molar-refractivity contribution is 9.10. The molecule has 2 heterocycles. The van der Waals surface area contributed by atoms with Gasteiger partial charge in [-0.1, -0.05) is 34.1 Å². The quantitative estimate of drug-likeness (QED) is 0.773. The number of hydrogen-bond acceptors (Lipinski definition) is 3. The second-order valence-corrected chi connectivity index (χ2v) is 7.70. The Morgan fingerprint density at radius 1 is 0.885 bits per heavy atom. The minimum atomic E-state index is -0.260. The third kappa shape index (κ3) is 3.27. The Morgan fingerprint density at radius 3 is 2.19 bits per heavy atom. The van der Waals surface area contributed by atoms with Crippen molar-refractivity contribution in [2.75, 3.05) is 36.0 Å². The lowest BCUT2D eigenvalue weighted by molar-refractivity contribution is -0.915. The predicted molar refractivity (Wildman–Crippen MR) is 104 cm³/mol. The van der Waals surface area contributed by atoms with Crippen LogP contribution in [0, 0.1) is 0 Å². The summed E-state index contributed by atoms with van der Waals surface area (Å²) in [6.45, 7) is 3.53. The molecule has 2 aliphatic heterocycles. The summed E-state index contributed by atoms with van der Waals surface area (Å²) in [4.78, 5) is 30.3. The maximum Gasteiger partial charge on any atom is 0.292 e. The molecule has 5 nitrogen and oxygen atoms in total. The van der Waals surface area contributed by atoms with Crippen LogP contribution in [0.25, 0.3) is 0 Å². The summed E-state index contributed by atoms with van der Waals surface area (Å²) < 4.78 is 0.930. The SMILES string of the molecule is O=C1C[C@@H]([NH+]2CCN(c3ccccc3)CC2)C(=O)N1c1ccc(Br)cc1. The number of anilines is 2. The molecule has 2 fully saturated rings. The smallest absolute Gasteiger partial charge is 0.292 e. The Hall–Kier alpha value is -2.18. The molecule has 6 heteroatoms. The van der Waals surface area contributed by atoms with Crippen LogP contribution in [0.1, 0.15) is 6.42 Å². The number of halogens is 1. The molecule has 0 spiro atoms. The zero-order valence-corrected chi connectivity index (χ0v) is 16.0. The van der Waals surface area contributed by atoms with Crippen molar-refractivity contribution in [2.24, 2.45) is 0 Å². The van der Waals surface area contributed by atoms with Crippen LogP contribution in [-0.4, -0.2) is 44.0 Å². The molecule has 2 amide bonds. The number of para-hydroxylation sites is 1. The number of nitrogens with zero attached hydrogens (tertiary/aromatic N) is 2. The summed E-state index contributed by atoms with van der Waals surface area (Å²) in [5, 5.41) is 0. The lowest BCUT2D eigenvalue weighted by atomic mass is 10.1. The molecular weight excluding hydrogens is 394 g/mol. The summed E-state index contributed by atoms with van der Waals surface area (Å²) in [7, 11) is 0. The molecule has 26 heavy (non-hydrogen) atoms. The van der Waals surface area contributed by atoms with Crippen LogP contribution in [0.5, 0.6) is 0 Å². The lowest BCUT2D eigenvalue weighted by Gasteiger charge is -2.35. The highest BCUT2D eigenvalue weighted by Crippen LogP contribution is 2.24. The number of hydrogen-bond donors (Lipinski definition) is 1. The van der Waals surface area contributed by atoms with Crippen molar-refractivity contribution in [3.63, 3.8) is 0 Å². The largest absolute Gasteiger partial charge is 0.360 e. The topological polar surface area (TPSA) is 45.1 Å². The zero-order chi connectivity index (χ0) is 18.1. The van der Waals surface area contributed by atoms with Crippen molar-refractivity contribution in [1.82, 2.24) is 0 Å². The number of rotatable bonds is 3. The van der Waals surface area contributed by atoms with Gasteiger partial charge in [0.05, 0.1) is 38.3 Å². The van der Waals surface area contributed by atoms with Crippen molar-refractivity contribution in [3.05, 3.63) is 59.1 Å². The third-order valence-corrected chi connectivity index (χ3v) is 5.78. The Labute approximate surface area is 161 Å². The Bertz CT molecular complexity index is 802. The van der Waals surface area contributed by atoms with E-state index in [1.807, 2.05) is 42.5 Å². The highest BCUT2D eigenvalue weighted by Gasteiger charge is 2.46. The number of carbonyl (C=O) groups excluding carboxylic acids is 2. The predicted octanol–water partition coefficient (Wildman–Crippen LogP) is 1.49. The van der Waals surface area contributed by atoms with Crippen LogP contribution < -0.4 is 14.7 Å². The van der Waals surface area contributed by atoms with Gasteiger partial charge in [-0.15, -0.1) is 0 Å². The third-order valence-electron chi connectivity index (χ3n) is 5.25. The normalized spacial score (nSPS) is 21.5. The van der Waals surface area contributed by atoms with E-state index in [1.165, 1.54) is 15.5 Å². The zero-order valence-electron chi connectivity index (χ0n) is 14.4. The van der Waals surface area contributed by atoms with Gasteiger partial charge < -0.3 is 9.80 Å². The van der Waals surface area contributed by atoms with Gasteiger partial charge >= 0.3 is 0 Å². The van der Waals surface area contributed by atoms with Gasteiger partial charge in [0, 0.05) is 10.2 Å². The Morgan fingerprint density at radius 2 is 1.54 bits per heavy atom. The molecule has 2 saturated heterocycles. The fraction of sp³-hybridized carbons (Fsp3) is 0.300. The van der Waals surface area contributed by atoms with Gasteiger partial charge in [0.1, 0.15) is 0 Å². The summed E-state index contributed by atoms with van der Waals surface area (Å²) in [6.07, 6.45) is 0.301. The average Bonchev–Trinajstić information content (AvgIpc) is 2.98. The minimum Gasteiger partial charge on any atom is -0.360 e. The molecule has 0 radical (unpaired) electrons. The van der Waals surface area contributed by atoms with E-state index < -0.39 is 0 Å². The molecular formula is C20H21BrN3O2+. The summed E-state index contributed by atoms with van der Waals surface area (Å²) >= 11 is 3.39. The van der Waals surface area contributed by atoms with Crippen LogP contribution in [0.4, 0.5) is 11.4 Å². The molecule has 1 N–H and O–H groups in total. The maximum absolute atomic E-state index is 12.9. The molecule has 4 rings (SSSR count). The van der Waals surface area contributed by atoms with E-state index in [9.17, 15) is 9.59 Å². The van der Waals surface area contributed by atoms with Crippen LogP contribution in [0.3, 0.4) is 0 Å². The van der Waals surface area contributed by atoms with Crippen molar-refractivity contribution < 1.29 is 14.5 Å². The van der Waals surface area contributed by atoms with E-state index >= 15 is 0 Å². The molecule has 0 unspecified atom stereocenters. The van der Waals surface area contributed by atoms with Gasteiger partial charge in [-0.05, 0) is 36.4 Å². The molecule has 134 valence electrons. The number of benzene rings is 2. The van der Waals surface area contributed by atoms with Gasteiger partial charge in [-0.3, -0.25) is 9.59 Å². The van der Waals surface area contributed by atoms with Crippen molar-refractivity contribution >= 4 is 39.1 Å². The number of piperazine rings is 1. The van der Waals surface area contributed by atoms with Crippen LogP contribution in [0.2, 0.25) is 0 Å².